The van der Waals surface area contributed by atoms with Gasteiger partial charge in [-0.15, -0.1) is 11.3 Å². The van der Waals surface area contributed by atoms with Gasteiger partial charge in [0.05, 0.1) is 5.69 Å². The quantitative estimate of drug-likeness (QED) is 0.923. The summed E-state index contributed by atoms with van der Waals surface area (Å²) in [5.41, 5.74) is 7.72. The molecule has 19 heavy (non-hydrogen) atoms. The van der Waals surface area contributed by atoms with E-state index in [1.54, 1.807) is 0 Å². The molecule has 3 nitrogen and oxygen atoms in total. The Morgan fingerprint density at radius 1 is 1.21 bits per heavy atom. The van der Waals surface area contributed by atoms with Gasteiger partial charge >= 0.3 is 0 Å². The first-order valence-electron chi connectivity index (χ1n) is 7.70. The Kier molecular flexibility index (Phi) is 3.81. The lowest BCUT2D eigenvalue weighted by molar-refractivity contribution is 0.226. The van der Waals surface area contributed by atoms with Gasteiger partial charge in [0.1, 0.15) is 0 Å². The Morgan fingerprint density at radius 2 is 1.89 bits per heavy atom. The minimum Gasteiger partial charge on any atom is -0.348 e. The molecule has 0 aromatic carbocycles. The fraction of sp³-hybridized carbons (Fsp3) is 0.800. The summed E-state index contributed by atoms with van der Waals surface area (Å²) in [5.74, 6) is 0. The Balaban J connectivity index is 1.69. The maximum Gasteiger partial charge on any atom is 0.185 e. The number of aromatic nitrogens is 1. The van der Waals surface area contributed by atoms with Crippen LogP contribution in [0.15, 0.2) is 0 Å². The van der Waals surface area contributed by atoms with Crippen LogP contribution in [0.1, 0.15) is 56.0 Å². The fourth-order valence-corrected chi connectivity index (χ4v) is 4.82. The largest absolute Gasteiger partial charge is 0.348 e. The van der Waals surface area contributed by atoms with E-state index in [-0.39, 0.29) is 0 Å². The molecule has 1 saturated carbocycles. The lowest BCUT2D eigenvalue weighted by atomic mass is 9.77. The van der Waals surface area contributed by atoms with Gasteiger partial charge in [-0.1, -0.05) is 19.8 Å². The van der Waals surface area contributed by atoms with Crippen molar-refractivity contribution in [3.8, 4) is 0 Å². The minimum absolute atomic E-state index is 0.638. The van der Waals surface area contributed by atoms with Crippen LogP contribution in [0.2, 0.25) is 0 Å². The molecule has 3 rings (SSSR count). The van der Waals surface area contributed by atoms with Gasteiger partial charge in [-0.25, -0.2) is 4.98 Å². The summed E-state index contributed by atoms with van der Waals surface area (Å²) in [4.78, 5) is 8.57. The maximum absolute atomic E-state index is 5.82. The summed E-state index contributed by atoms with van der Waals surface area (Å²) in [6.07, 6.45) is 9.57. The van der Waals surface area contributed by atoms with Crippen LogP contribution in [0, 0.1) is 5.41 Å². The van der Waals surface area contributed by atoms with Crippen molar-refractivity contribution in [3.63, 3.8) is 0 Å². The van der Waals surface area contributed by atoms with Gasteiger partial charge in [0, 0.05) is 24.5 Å². The molecular weight excluding hydrogens is 254 g/mol. The van der Waals surface area contributed by atoms with Crippen molar-refractivity contribution in [2.45, 2.75) is 58.4 Å². The Hall–Kier alpha value is -0.610. The topological polar surface area (TPSA) is 42.2 Å². The third kappa shape index (κ3) is 2.52. The van der Waals surface area contributed by atoms with Crippen molar-refractivity contribution in [1.29, 1.82) is 0 Å². The van der Waals surface area contributed by atoms with Crippen molar-refractivity contribution >= 4 is 16.5 Å². The second kappa shape index (κ2) is 5.41. The first-order valence-corrected chi connectivity index (χ1v) is 8.51. The van der Waals surface area contributed by atoms with Crippen molar-refractivity contribution in [1.82, 2.24) is 4.98 Å². The molecule has 0 amide bonds. The zero-order valence-corrected chi connectivity index (χ0v) is 12.8. The van der Waals surface area contributed by atoms with Crippen LogP contribution in [0.4, 0.5) is 5.13 Å². The van der Waals surface area contributed by atoms with Gasteiger partial charge in [0.25, 0.3) is 0 Å². The van der Waals surface area contributed by atoms with Gasteiger partial charge < -0.3 is 10.6 Å². The molecule has 1 aromatic heterocycles. The minimum atomic E-state index is 0.638. The number of hydrogen-bond acceptors (Lipinski definition) is 4. The highest BCUT2D eigenvalue weighted by atomic mass is 32.1. The SMILES string of the molecule is CCc1nc(N2CCC3(CCCC3)CC2)sc1CN. The van der Waals surface area contributed by atoms with E-state index in [1.807, 2.05) is 11.3 Å². The van der Waals surface area contributed by atoms with Crippen molar-refractivity contribution < 1.29 is 0 Å². The molecular formula is C15H25N3S. The van der Waals surface area contributed by atoms with Crippen LogP contribution in [-0.2, 0) is 13.0 Å². The predicted molar refractivity (Wildman–Crippen MR) is 81.7 cm³/mol. The first kappa shape index (κ1) is 13.4. The summed E-state index contributed by atoms with van der Waals surface area (Å²) in [6.45, 7) is 5.20. The highest BCUT2D eigenvalue weighted by molar-refractivity contribution is 7.15. The summed E-state index contributed by atoms with van der Waals surface area (Å²) < 4.78 is 0. The molecule has 1 spiro atoms. The van der Waals surface area contributed by atoms with Crippen molar-refractivity contribution in [2.75, 3.05) is 18.0 Å². The number of piperidine rings is 1. The zero-order valence-electron chi connectivity index (χ0n) is 12.0. The molecule has 1 saturated heterocycles. The van der Waals surface area contributed by atoms with Crippen molar-refractivity contribution in [2.24, 2.45) is 11.1 Å². The molecule has 0 bridgehead atoms. The van der Waals surface area contributed by atoms with E-state index in [2.05, 4.69) is 11.8 Å². The van der Waals surface area contributed by atoms with Crippen LogP contribution in [-0.4, -0.2) is 18.1 Å². The third-order valence-electron chi connectivity index (χ3n) is 5.05. The molecule has 2 fully saturated rings. The molecule has 0 radical (unpaired) electrons. The predicted octanol–water partition coefficient (Wildman–Crippen LogP) is 3.32. The molecule has 4 heteroatoms. The van der Waals surface area contributed by atoms with Crippen LogP contribution < -0.4 is 10.6 Å². The number of anilines is 1. The molecule has 0 unspecified atom stereocenters. The Bertz CT molecular complexity index is 403. The molecule has 1 aromatic rings. The van der Waals surface area contributed by atoms with Gasteiger partial charge in [0.15, 0.2) is 5.13 Å². The number of nitrogens with two attached hydrogens (primary N) is 1. The molecule has 1 aliphatic heterocycles. The van der Waals surface area contributed by atoms with E-state index in [9.17, 15) is 0 Å². The van der Waals surface area contributed by atoms with Gasteiger partial charge in [-0.05, 0) is 37.5 Å². The highest BCUT2D eigenvalue weighted by Gasteiger charge is 2.37. The summed E-state index contributed by atoms with van der Waals surface area (Å²) >= 11 is 1.81. The summed E-state index contributed by atoms with van der Waals surface area (Å²) in [6, 6.07) is 0. The highest BCUT2D eigenvalue weighted by Crippen LogP contribution is 2.47. The van der Waals surface area contributed by atoms with E-state index in [4.69, 9.17) is 10.7 Å². The van der Waals surface area contributed by atoms with E-state index in [0.29, 0.717) is 12.0 Å². The molecule has 2 aliphatic rings. The fourth-order valence-electron chi connectivity index (χ4n) is 3.74. The second-order valence-electron chi connectivity index (χ2n) is 6.12. The smallest absolute Gasteiger partial charge is 0.185 e. The van der Waals surface area contributed by atoms with Crippen LogP contribution >= 0.6 is 11.3 Å². The average Bonchev–Trinajstić information content (AvgIpc) is 3.06. The van der Waals surface area contributed by atoms with Gasteiger partial charge in [-0.2, -0.15) is 0 Å². The third-order valence-corrected chi connectivity index (χ3v) is 6.23. The molecule has 1 aliphatic carbocycles. The lowest BCUT2D eigenvalue weighted by Crippen LogP contribution is -2.38. The summed E-state index contributed by atoms with van der Waals surface area (Å²) in [5, 5.41) is 1.21. The standard InChI is InChI=1S/C15H25N3S/c1-2-12-13(11-16)19-14(17-12)18-9-7-15(8-10-18)5-3-4-6-15/h2-11,16H2,1H3. The van der Waals surface area contributed by atoms with E-state index < -0.39 is 0 Å². The Labute approximate surface area is 120 Å². The van der Waals surface area contributed by atoms with E-state index in [1.165, 1.54) is 67.3 Å². The van der Waals surface area contributed by atoms with Gasteiger partial charge in [-0.3, -0.25) is 0 Å². The number of thiazole rings is 1. The Morgan fingerprint density at radius 3 is 2.42 bits per heavy atom. The average molecular weight is 279 g/mol. The number of nitrogens with zero attached hydrogens (tertiary/aromatic N) is 2. The van der Waals surface area contributed by atoms with E-state index in [0.717, 1.165) is 6.42 Å². The molecule has 106 valence electrons. The van der Waals surface area contributed by atoms with E-state index >= 15 is 0 Å². The van der Waals surface area contributed by atoms with Crippen molar-refractivity contribution in [3.05, 3.63) is 10.6 Å². The lowest BCUT2D eigenvalue weighted by Gasteiger charge is -2.39. The van der Waals surface area contributed by atoms with Crippen LogP contribution in [0.25, 0.3) is 0 Å². The molecule has 0 atom stereocenters. The zero-order chi connectivity index (χ0) is 13.3. The van der Waals surface area contributed by atoms with Gasteiger partial charge in [0.2, 0.25) is 0 Å². The first-order chi connectivity index (χ1) is 9.26. The monoisotopic (exact) mass is 279 g/mol. The maximum atomic E-state index is 5.82. The van der Waals surface area contributed by atoms with Crippen LogP contribution in [0.5, 0.6) is 0 Å². The normalized spacial score (nSPS) is 22.3. The number of rotatable bonds is 3. The number of aryl methyl sites for hydroxylation is 1. The van der Waals surface area contributed by atoms with Crippen LogP contribution in [0.3, 0.4) is 0 Å². The number of hydrogen-bond donors (Lipinski definition) is 1. The second-order valence-corrected chi connectivity index (χ2v) is 7.18. The summed E-state index contributed by atoms with van der Waals surface area (Å²) in [7, 11) is 0. The molecule has 2 N–H and O–H groups in total. The molecule has 2 heterocycles.